The van der Waals surface area contributed by atoms with Gasteiger partial charge in [-0.2, -0.15) is 5.26 Å². The molecule has 96 valence electrons. The molecule has 0 spiro atoms. The van der Waals surface area contributed by atoms with E-state index in [4.69, 9.17) is 5.26 Å². The second kappa shape index (κ2) is 5.50. The van der Waals surface area contributed by atoms with Crippen LogP contribution in [0.4, 0.5) is 0 Å². The minimum absolute atomic E-state index is 0.0642. The third-order valence-electron chi connectivity index (χ3n) is 2.94. The monoisotopic (exact) mass is 237 g/mol. The van der Waals surface area contributed by atoms with Crippen LogP contribution in [0.2, 0.25) is 0 Å². The van der Waals surface area contributed by atoms with E-state index >= 15 is 0 Å². The largest absolute Gasteiger partial charge is 0.340 e. The molecule has 1 N–H and O–H groups in total. The van der Waals surface area contributed by atoms with Crippen LogP contribution in [0.5, 0.6) is 0 Å². The molecule has 1 rings (SSSR count). The standard InChI is InChI=1S/C13H23N3O/c1-10(2)7-16-9-13(3,4)8-15-11(5-6-14)12(16)17/h10-11,15H,5,7-9H2,1-4H3. The van der Waals surface area contributed by atoms with Crippen molar-refractivity contribution in [3.63, 3.8) is 0 Å². The first-order valence-corrected chi connectivity index (χ1v) is 6.25. The van der Waals surface area contributed by atoms with Crippen molar-refractivity contribution in [2.24, 2.45) is 11.3 Å². The highest BCUT2D eigenvalue weighted by atomic mass is 16.2. The first-order chi connectivity index (χ1) is 7.85. The fourth-order valence-electron chi connectivity index (χ4n) is 2.20. The lowest BCUT2D eigenvalue weighted by Gasteiger charge is -2.30. The van der Waals surface area contributed by atoms with Gasteiger partial charge in [0.25, 0.3) is 0 Å². The highest BCUT2D eigenvalue weighted by Gasteiger charge is 2.34. The number of hydrogen-bond donors (Lipinski definition) is 1. The van der Waals surface area contributed by atoms with Gasteiger partial charge in [0.15, 0.2) is 0 Å². The molecule has 1 fully saturated rings. The van der Waals surface area contributed by atoms with Gasteiger partial charge in [-0.25, -0.2) is 0 Å². The van der Waals surface area contributed by atoms with E-state index in [0.29, 0.717) is 5.92 Å². The van der Waals surface area contributed by atoms with Crippen LogP contribution < -0.4 is 5.32 Å². The van der Waals surface area contributed by atoms with Gasteiger partial charge in [0.05, 0.1) is 18.5 Å². The summed E-state index contributed by atoms with van der Waals surface area (Å²) in [5.41, 5.74) is 0.0642. The van der Waals surface area contributed by atoms with Crippen LogP contribution >= 0.6 is 0 Å². The number of hydrogen-bond acceptors (Lipinski definition) is 3. The van der Waals surface area contributed by atoms with Gasteiger partial charge in [-0.1, -0.05) is 27.7 Å². The van der Waals surface area contributed by atoms with Gasteiger partial charge in [-0.3, -0.25) is 4.79 Å². The molecule has 0 aromatic rings. The molecule has 0 saturated carbocycles. The molecular weight excluding hydrogens is 214 g/mol. The smallest absolute Gasteiger partial charge is 0.240 e. The second-order valence-corrected chi connectivity index (χ2v) is 6.07. The lowest BCUT2D eigenvalue weighted by molar-refractivity contribution is -0.133. The van der Waals surface area contributed by atoms with Gasteiger partial charge in [0, 0.05) is 19.6 Å². The summed E-state index contributed by atoms with van der Waals surface area (Å²) < 4.78 is 0. The van der Waals surface area contributed by atoms with Gasteiger partial charge < -0.3 is 10.2 Å². The molecule has 1 atom stereocenters. The zero-order valence-corrected chi connectivity index (χ0v) is 11.3. The lowest BCUT2D eigenvalue weighted by Crippen LogP contribution is -2.44. The first kappa shape index (κ1) is 14.0. The van der Waals surface area contributed by atoms with Crippen LogP contribution in [0.3, 0.4) is 0 Å². The third kappa shape index (κ3) is 4.01. The van der Waals surface area contributed by atoms with Gasteiger partial charge in [0.2, 0.25) is 5.91 Å². The van der Waals surface area contributed by atoms with Crippen LogP contribution in [0.1, 0.15) is 34.1 Å². The summed E-state index contributed by atoms with van der Waals surface area (Å²) >= 11 is 0. The average molecular weight is 237 g/mol. The predicted molar refractivity (Wildman–Crippen MR) is 67.2 cm³/mol. The molecule has 4 heteroatoms. The van der Waals surface area contributed by atoms with Crippen molar-refractivity contribution >= 4 is 5.91 Å². The zero-order chi connectivity index (χ0) is 13.1. The molecule has 0 aliphatic carbocycles. The van der Waals surface area contributed by atoms with Crippen molar-refractivity contribution in [2.45, 2.75) is 40.2 Å². The molecule has 0 aromatic heterocycles. The Kier molecular flexibility index (Phi) is 4.53. The second-order valence-electron chi connectivity index (χ2n) is 6.07. The summed E-state index contributed by atoms with van der Waals surface area (Å²) in [6, 6.07) is 1.75. The number of amides is 1. The molecule has 0 aromatic carbocycles. The molecule has 1 heterocycles. The Bertz CT molecular complexity index is 317. The first-order valence-electron chi connectivity index (χ1n) is 6.25. The van der Waals surface area contributed by atoms with E-state index in [1.807, 2.05) is 4.90 Å². The topological polar surface area (TPSA) is 56.1 Å². The van der Waals surface area contributed by atoms with E-state index in [2.05, 4.69) is 39.1 Å². The minimum atomic E-state index is -0.333. The Balaban J connectivity index is 2.83. The van der Waals surface area contributed by atoms with E-state index in [1.54, 1.807) is 0 Å². The van der Waals surface area contributed by atoms with E-state index in [-0.39, 0.29) is 23.8 Å². The van der Waals surface area contributed by atoms with Crippen LogP contribution in [-0.2, 0) is 4.79 Å². The van der Waals surface area contributed by atoms with Crippen molar-refractivity contribution in [3.8, 4) is 6.07 Å². The maximum absolute atomic E-state index is 12.3. The van der Waals surface area contributed by atoms with E-state index in [0.717, 1.165) is 19.6 Å². The minimum Gasteiger partial charge on any atom is -0.340 e. The quantitative estimate of drug-likeness (QED) is 0.807. The summed E-state index contributed by atoms with van der Waals surface area (Å²) in [7, 11) is 0. The molecule has 1 amide bonds. The van der Waals surface area contributed by atoms with Crippen LogP contribution in [-0.4, -0.2) is 36.5 Å². The summed E-state index contributed by atoms with van der Waals surface area (Å²) in [5, 5.41) is 12.0. The van der Waals surface area contributed by atoms with Crippen molar-refractivity contribution in [2.75, 3.05) is 19.6 Å². The molecule has 0 bridgehead atoms. The molecule has 1 saturated heterocycles. The number of nitriles is 1. The lowest BCUT2D eigenvalue weighted by atomic mass is 9.93. The Morgan fingerprint density at radius 1 is 1.59 bits per heavy atom. The Labute approximate surface area is 104 Å². The van der Waals surface area contributed by atoms with Gasteiger partial charge >= 0.3 is 0 Å². The van der Waals surface area contributed by atoms with Gasteiger partial charge in [0.1, 0.15) is 0 Å². The fraction of sp³-hybridized carbons (Fsp3) is 0.846. The third-order valence-corrected chi connectivity index (χ3v) is 2.94. The molecule has 0 radical (unpaired) electrons. The predicted octanol–water partition coefficient (Wildman–Crippen LogP) is 1.38. The Morgan fingerprint density at radius 3 is 2.76 bits per heavy atom. The van der Waals surface area contributed by atoms with Gasteiger partial charge in [-0.05, 0) is 11.3 Å². The Hall–Kier alpha value is -1.08. The van der Waals surface area contributed by atoms with Crippen LogP contribution in [0, 0.1) is 22.7 Å². The summed E-state index contributed by atoms with van der Waals surface area (Å²) in [5.74, 6) is 0.529. The number of carbonyl (C=O) groups excluding carboxylic acids is 1. The maximum atomic E-state index is 12.3. The molecule has 17 heavy (non-hydrogen) atoms. The number of nitrogens with zero attached hydrogens (tertiary/aromatic N) is 2. The highest BCUT2D eigenvalue weighted by Crippen LogP contribution is 2.21. The fourth-order valence-corrected chi connectivity index (χ4v) is 2.20. The van der Waals surface area contributed by atoms with E-state index in [9.17, 15) is 4.79 Å². The van der Waals surface area contributed by atoms with Crippen molar-refractivity contribution in [1.82, 2.24) is 10.2 Å². The van der Waals surface area contributed by atoms with Crippen LogP contribution in [0.15, 0.2) is 0 Å². The number of rotatable bonds is 3. The highest BCUT2D eigenvalue weighted by molar-refractivity contribution is 5.82. The molecular formula is C13H23N3O. The van der Waals surface area contributed by atoms with Crippen molar-refractivity contribution < 1.29 is 4.79 Å². The summed E-state index contributed by atoms with van der Waals surface area (Å²) in [6.45, 7) is 10.8. The molecule has 1 unspecified atom stereocenters. The molecule has 1 aliphatic rings. The summed E-state index contributed by atoms with van der Waals surface area (Å²) in [4.78, 5) is 14.2. The van der Waals surface area contributed by atoms with Crippen LogP contribution in [0.25, 0.3) is 0 Å². The number of carbonyl (C=O) groups is 1. The number of nitrogens with one attached hydrogen (secondary N) is 1. The normalized spacial score (nSPS) is 24.6. The van der Waals surface area contributed by atoms with Crippen molar-refractivity contribution in [1.29, 1.82) is 5.26 Å². The zero-order valence-electron chi connectivity index (χ0n) is 11.3. The molecule has 1 aliphatic heterocycles. The Morgan fingerprint density at radius 2 is 2.24 bits per heavy atom. The molecule has 4 nitrogen and oxygen atoms in total. The maximum Gasteiger partial charge on any atom is 0.240 e. The van der Waals surface area contributed by atoms with Crippen molar-refractivity contribution in [3.05, 3.63) is 0 Å². The van der Waals surface area contributed by atoms with E-state index in [1.165, 1.54) is 0 Å². The summed E-state index contributed by atoms with van der Waals surface area (Å²) in [6.07, 6.45) is 0.253. The SMILES string of the molecule is CC(C)CN1CC(C)(C)CNC(CC#N)C1=O. The average Bonchev–Trinajstić information content (AvgIpc) is 2.29. The van der Waals surface area contributed by atoms with Gasteiger partial charge in [-0.15, -0.1) is 0 Å². The van der Waals surface area contributed by atoms with E-state index < -0.39 is 0 Å².